The Kier molecular flexibility index (Phi) is 4.71. The van der Waals surface area contributed by atoms with Gasteiger partial charge in [0, 0.05) is 23.5 Å². The van der Waals surface area contributed by atoms with Gasteiger partial charge in [-0.2, -0.15) is 0 Å². The Morgan fingerprint density at radius 3 is 2.62 bits per heavy atom. The lowest BCUT2D eigenvalue weighted by atomic mass is 10.1. The third-order valence-corrected chi connectivity index (χ3v) is 4.47. The summed E-state index contributed by atoms with van der Waals surface area (Å²) in [5.41, 5.74) is 1.05. The lowest BCUT2D eigenvalue weighted by Crippen LogP contribution is -2.34. The predicted octanol–water partition coefficient (Wildman–Crippen LogP) is 3.30. The fourth-order valence-electron chi connectivity index (χ4n) is 2.46. The Hall–Kier alpha value is -1.36. The minimum Gasteiger partial charge on any atom is -0.481 e. The van der Waals surface area contributed by atoms with Gasteiger partial charge in [-0.15, -0.1) is 0 Å². The quantitative estimate of drug-likeness (QED) is 0.853. The van der Waals surface area contributed by atoms with E-state index in [1.807, 2.05) is 24.3 Å². The third-order valence-electron chi connectivity index (χ3n) is 3.98. The second-order valence-electron chi connectivity index (χ2n) is 6.28. The Labute approximate surface area is 133 Å². The van der Waals surface area contributed by atoms with Gasteiger partial charge < -0.3 is 10.0 Å². The number of carboxylic acid groups (broad SMARTS) is 1. The van der Waals surface area contributed by atoms with Crippen LogP contribution in [-0.4, -0.2) is 28.4 Å². The largest absolute Gasteiger partial charge is 0.481 e. The zero-order valence-electron chi connectivity index (χ0n) is 12.3. The molecule has 1 aliphatic rings. The maximum absolute atomic E-state index is 12.5. The molecule has 0 radical (unpaired) electrons. The number of hydrogen-bond donors (Lipinski definition) is 1. The van der Waals surface area contributed by atoms with Crippen LogP contribution in [-0.2, 0) is 16.1 Å². The summed E-state index contributed by atoms with van der Waals surface area (Å²) in [6.07, 6.45) is 0.862. The molecular weight excluding hydrogens is 334 g/mol. The molecule has 0 heterocycles. The summed E-state index contributed by atoms with van der Waals surface area (Å²) in [4.78, 5) is 25.0. The third kappa shape index (κ3) is 4.30. The van der Waals surface area contributed by atoms with Gasteiger partial charge in [0.1, 0.15) is 0 Å². The van der Waals surface area contributed by atoms with Crippen molar-refractivity contribution in [1.29, 1.82) is 0 Å². The average molecular weight is 354 g/mol. The van der Waals surface area contributed by atoms with Crippen molar-refractivity contribution in [1.82, 2.24) is 4.90 Å². The number of carbonyl (C=O) groups is 2. The number of amides is 1. The van der Waals surface area contributed by atoms with Crippen molar-refractivity contribution in [3.63, 3.8) is 0 Å². The van der Waals surface area contributed by atoms with Crippen LogP contribution in [0.4, 0.5) is 0 Å². The molecule has 1 aliphatic carbocycles. The van der Waals surface area contributed by atoms with Crippen molar-refractivity contribution in [3.05, 3.63) is 34.3 Å². The summed E-state index contributed by atoms with van der Waals surface area (Å²) in [5.74, 6) is -0.781. The van der Waals surface area contributed by atoms with Gasteiger partial charge >= 0.3 is 5.97 Å². The van der Waals surface area contributed by atoms with Crippen LogP contribution in [0.1, 0.15) is 32.3 Å². The lowest BCUT2D eigenvalue weighted by molar-refractivity contribution is -0.139. The molecule has 0 aliphatic heterocycles. The van der Waals surface area contributed by atoms with Gasteiger partial charge in [-0.25, -0.2) is 0 Å². The number of aliphatic carboxylic acids is 1. The van der Waals surface area contributed by atoms with E-state index in [9.17, 15) is 9.59 Å². The summed E-state index contributed by atoms with van der Waals surface area (Å²) < 4.78 is 0.956. The number of nitrogens with zero attached hydrogens (tertiary/aromatic N) is 1. The first-order valence-corrected chi connectivity index (χ1v) is 7.84. The smallest absolute Gasteiger partial charge is 0.305 e. The zero-order chi connectivity index (χ0) is 15.6. The number of hydrogen-bond acceptors (Lipinski definition) is 2. The van der Waals surface area contributed by atoms with Crippen molar-refractivity contribution in [2.75, 3.05) is 6.54 Å². The Bertz CT molecular complexity index is 556. The molecule has 1 unspecified atom stereocenters. The lowest BCUT2D eigenvalue weighted by Gasteiger charge is -2.23. The predicted molar refractivity (Wildman–Crippen MR) is 83.7 cm³/mol. The highest BCUT2D eigenvalue weighted by Gasteiger charge is 2.51. The van der Waals surface area contributed by atoms with Crippen LogP contribution in [0.25, 0.3) is 0 Å². The van der Waals surface area contributed by atoms with Gasteiger partial charge in [-0.3, -0.25) is 9.59 Å². The topological polar surface area (TPSA) is 57.6 Å². The van der Waals surface area contributed by atoms with Crippen molar-refractivity contribution in [2.45, 2.75) is 33.2 Å². The second kappa shape index (κ2) is 6.18. The van der Waals surface area contributed by atoms with Crippen LogP contribution in [0.5, 0.6) is 0 Å². The molecule has 21 heavy (non-hydrogen) atoms. The highest BCUT2D eigenvalue weighted by atomic mass is 79.9. The molecule has 1 aromatic carbocycles. The molecule has 0 spiro atoms. The average Bonchev–Trinajstić information content (AvgIpc) is 3.02. The molecule has 1 fully saturated rings. The van der Waals surface area contributed by atoms with E-state index in [1.54, 1.807) is 4.90 Å². The van der Waals surface area contributed by atoms with Crippen LogP contribution in [0.15, 0.2) is 28.7 Å². The zero-order valence-corrected chi connectivity index (χ0v) is 13.9. The van der Waals surface area contributed by atoms with Crippen molar-refractivity contribution < 1.29 is 14.7 Å². The molecule has 1 amide bonds. The molecule has 1 atom stereocenters. The minimum atomic E-state index is -0.878. The van der Waals surface area contributed by atoms with E-state index in [4.69, 9.17) is 5.11 Å². The molecule has 0 saturated heterocycles. The van der Waals surface area contributed by atoms with Gasteiger partial charge in [0.05, 0.1) is 6.42 Å². The second-order valence-corrected chi connectivity index (χ2v) is 7.19. The monoisotopic (exact) mass is 353 g/mol. The number of rotatable bonds is 6. The molecule has 1 aromatic rings. The van der Waals surface area contributed by atoms with E-state index >= 15 is 0 Å². The molecule has 1 saturated carbocycles. The summed E-state index contributed by atoms with van der Waals surface area (Å²) in [7, 11) is 0. The first-order valence-electron chi connectivity index (χ1n) is 7.04. The summed E-state index contributed by atoms with van der Waals surface area (Å²) in [5, 5.41) is 8.87. The molecule has 0 bridgehead atoms. The fourth-order valence-corrected chi connectivity index (χ4v) is 2.91. The molecule has 4 nitrogen and oxygen atoms in total. The molecule has 1 N–H and O–H groups in total. The Balaban J connectivity index is 2.08. The molecule has 2 rings (SSSR count). The van der Waals surface area contributed by atoms with Crippen LogP contribution in [0, 0.1) is 11.3 Å². The minimum absolute atomic E-state index is 0.0209. The first-order chi connectivity index (χ1) is 9.79. The van der Waals surface area contributed by atoms with E-state index in [-0.39, 0.29) is 30.2 Å². The maximum atomic E-state index is 12.5. The SMILES string of the molecule is CC1(C)CC1C(=O)N(CCC(=O)O)Cc1cccc(Br)c1. The van der Waals surface area contributed by atoms with Crippen LogP contribution >= 0.6 is 15.9 Å². The highest BCUT2D eigenvalue weighted by Crippen LogP contribution is 2.52. The molecular formula is C16H20BrNO3. The summed E-state index contributed by atoms with van der Waals surface area (Å²) in [6, 6.07) is 7.75. The van der Waals surface area contributed by atoms with Crippen molar-refractivity contribution in [3.8, 4) is 0 Å². The summed E-state index contributed by atoms with van der Waals surface area (Å²) >= 11 is 3.41. The number of carbonyl (C=O) groups excluding carboxylic acids is 1. The van der Waals surface area contributed by atoms with Gasteiger partial charge in [0.25, 0.3) is 0 Å². The van der Waals surface area contributed by atoms with E-state index < -0.39 is 5.97 Å². The highest BCUT2D eigenvalue weighted by molar-refractivity contribution is 9.10. The van der Waals surface area contributed by atoms with E-state index in [2.05, 4.69) is 29.8 Å². The van der Waals surface area contributed by atoms with Crippen LogP contribution in [0.3, 0.4) is 0 Å². The van der Waals surface area contributed by atoms with Gasteiger partial charge in [-0.1, -0.05) is 41.9 Å². The molecule has 5 heteroatoms. The number of benzene rings is 1. The van der Waals surface area contributed by atoms with E-state index in [0.717, 1.165) is 16.5 Å². The van der Waals surface area contributed by atoms with Gasteiger partial charge in [-0.05, 0) is 29.5 Å². The fraction of sp³-hybridized carbons (Fsp3) is 0.500. The molecule has 0 aromatic heterocycles. The van der Waals surface area contributed by atoms with Crippen molar-refractivity contribution in [2.24, 2.45) is 11.3 Å². The van der Waals surface area contributed by atoms with Gasteiger partial charge in [0.2, 0.25) is 5.91 Å². The Morgan fingerprint density at radius 1 is 1.43 bits per heavy atom. The Morgan fingerprint density at radius 2 is 2.10 bits per heavy atom. The summed E-state index contributed by atoms with van der Waals surface area (Å²) in [6.45, 7) is 4.86. The van der Waals surface area contributed by atoms with Crippen LogP contribution < -0.4 is 0 Å². The van der Waals surface area contributed by atoms with E-state index in [0.29, 0.717) is 6.54 Å². The van der Waals surface area contributed by atoms with Crippen molar-refractivity contribution >= 4 is 27.8 Å². The standard InChI is InChI=1S/C16H20BrNO3/c1-16(2)9-13(16)15(21)18(7-6-14(19)20)10-11-4-3-5-12(17)8-11/h3-5,8,13H,6-7,9-10H2,1-2H3,(H,19,20). The van der Waals surface area contributed by atoms with E-state index in [1.165, 1.54) is 0 Å². The normalized spacial score (nSPS) is 19.1. The number of carboxylic acids is 1. The number of halogens is 1. The van der Waals surface area contributed by atoms with Crippen LogP contribution in [0.2, 0.25) is 0 Å². The maximum Gasteiger partial charge on any atom is 0.305 e. The molecule has 114 valence electrons. The van der Waals surface area contributed by atoms with Gasteiger partial charge in [0.15, 0.2) is 0 Å². The first kappa shape index (κ1) is 16.0.